The molecule has 0 saturated carbocycles. The highest BCUT2D eigenvalue weighted by atomic mass is 32.2. The van der Waals surface area contributed by atoms with Crippen LogP contribution in [0.2, 0.25) is 0 Å². The molecule has 2 aromatic rings. The highest BCUT2D eigenvalue weighted by molar-refractivity contribution is 7.99. The zero-order valence-electron chi connectivity index (χ0n) is 9.71. The molecule has 0 radical (unpaired) electrons. The first kappa shape index (κ1) is 12.4. The number of aromatic nitrogens is 2. The summed E-state index contributed by atoms with van der Waals surface area (Å²) in [5.41, 5.74) is 0.333. The number of benzene rings is 1. The molecule has 0 atom stereocenters. The van der Waals surface area contributed by atoms with Crippen LogP contribution < -0.4 is 5.32 Å². The summed E-state index contributed by atoms with van der Waals surface area (Å²) >= 11 is 1.78. The van der Waals surface area contributed by atoms with Crippen LogP contribution >= 0.6 is 11.8 Å². The number of nitrogens with one attached hydrogen (secondary N) is 1. The van der Waals surface area contributed by atoms with E-state index in [-0.39, 0.29) is 0 Å². The number of hydrogen-bond donors (Lipinski definition) is 1. The average Bonchev–Trinajstić information content (AvgIpc) is 2.45. The van der Waals surface area contributed by atoms with Crippen LogP contribution in [-0.4, -0.2) is 22.5 Å². The van der Waals surface area contributed by atoms with Gasteiger partial charge in [-0.3, -0.25) is 0 Å². The number of nitriles is 1. The van der Waals surface area contributed by atoms with Gasteiger partial charge in [0.25, 0.3) is 0 Å². The summed E-state index contributed by atoms with van der Waals surface area (Å²) in [5.74, 6) is 1.65. The molecule has 0 spiro atoms. The van der Waals surface area contributed by atoms with E-state index in [1.54, 1.807) is 23.9 Å². The molecule has 0 saturated heterocycles. The molecule has 0 aliphatic heterocycles. The van der Waals surface area contributed by atoms with Crippen molar-refractivity contribution in [2.75, 3.05) is 17.6 Å². The molecule has 2 rings (SSSR count). The summed E-state index contributed by atoms with van der Waals surface area (Å²) in [5, 5.41) is 19.4. The van der Waals surface area contributed by atoms with Gasteiger partial charge in [-0.2, -0.15) is 5.26 Å². The van der Waals surface area contributed by atoms with Gasteiger partial charge in [-0.15, -0.1) is 22.0 Å². The van der Waals surface area contributed by atoms with E-state index in [2.05, 4.69) is 27.6 Å². The van der Waals surface area contributed by atoms with E-state index < -0.39 is 0 Å². The third-order valence-electron chi connectivity index (χ3n) is 2.20. The van der Waals surface area contributed by atoms with Crippen LogP contribution in [0.25, 0.3) is 0 Å². The fraction of sp³-hybridized carbons (Fsp3) is 0.154. The van der Waals surface area contributed by atoms with Crippen molar-refractivity contribution in [2.24, 2.45) is 0 Å². The Balaban J connectivity index is 1.74. The van der Waals surface area contributed by atoms with Crippen LogP contribution in [0.3, 0.4) is 0 Å². The fourth-order valence-electron chi connectivity index (χ4n) is 1.35. The van der Waals surface area contributed by atoms with Gasteiger partial charge < -0.3 is 5.32 Å². The number of rotatable bonds is 5. The summed E-state index contributed by atoms with van der Waals surface area (Å²) < 4.78 is 0. The van der Waals surface area contributed by atoms with E-state index in [9.17, 15) is 0 Å². The smallest absolute Gasteiger partial charge is 0.163 e. The van der Waals surface area contributed by atoms with Crippen LogP contribution in [0.5, 0.6) is 0 Å². The van der Waals surface area contributed by atoms with Crippen LogP contribution in [0.4, 0.5) is 5.82 Å². The second-order valence-corrected chi connectivity index (χ2v) is 4.67. The van der Waals surface area contributed by atoms with Crippen LogP contribution in [-0.2, 0) is 0 Å². The molecule has 0 aliphatic rings. The number of thioether (sulfide) groups is 1. The molecule has 1 aromatic carbocycles. The second-order valence-electron chi connectivity index (χ2n) is 3.50. The summed E-state index contributed by atoms with van der Waals surface area (Å²) in [6.07, 6.45) is 0. The van der Waals surface area contributed by atoms with Gasteiger partial charge in [0, 0.05) is 17.2 Å². The van der Waals surface area contributed by atoms with E-state index in [1.165, 1.54) is 4.90 Å². The van der Waals surface area contributed by atoms with Crippen molar-refractivity contribution in [1.29, 1.82) is 5.26 Å². The highest BCUT2D eigenvalue weighted by Crippen LogP contribution is 2.16. The summed E-state index contributed by atoms with van der Waals surface area (Å²) in [6.45, 7) is 0.806. The minimum absolute atomic E-state index is 0.333. The molecule has 0 bridgehead atoms. The molecule has 0 amide bonds. The van der Waals surface area contributed by atoms with Crippen LogP contribution in [0, 0.1) is 11.3 Å². The van der Waals surface area contributed by atoms with Crippen molar-refractivity contribution >= 4 is 17.6 Å². The van der Waals surface area contributed by atoms with Crippen molar-refractivity contribution in [1.82, 2.24) is 10.2 Å². The molecule has 5 heteroatoms. The minimum Gasteiger partial charge on any atom is -0.368 e. The Morgan fingerprint density at radius 2 is 1.94 bits per heavy atom. The van der Waals surface area contributed by atoms with Crippen LogP contribution in [0.15, 0.2) is 47.4 Å². The Kier molecular flexibility index (Phi) is 4.56. The quantitative estimate of drug-likeness (QED) is 0.658. The van der Waals surface area contributed by atoms with E-state index in [1.807, 2.05) is 24.3 Å². The molecule has 0 aliphatic carbocycles. The second kappa shape index (κ2) is 6.62. The molecule has 90 valence electrons. The maximum atomic E-state index is 8.59. The van der Waals surface area contributed by atoms with Gasteiger partial charge in [-0.1, -0.05) is 18.2 Å². The Labute approximate surface area is 110 Å². The Morgan fingerprint density at radius 1 is 1.11 bits per heavy atom. The largest absolute Gasteiger partial charge is 0.368 e. The molecular formula is C13H12N4S. The van der Waals surface area contributed by atoms with E-state index in [0.29, 0.717) is 11.5 Å². The van der Waals surface area contributed by atoms with Gasteiger partial charge in [0.1, 0.15) is 11.9 Å². The topological polar surface area (TPSA) is 61.6 Å². The summed E-state index contributed by atoms with van der Waals surface area (Å²) in [4.78, 5) is 1.25. The van der Waals surface area contributed by atoms with Crippen molar-refractivity contribution in [3.05, 3.63) is 48.2 Å². The molecular weight excluding hydrogens is 244 g/mol. The van der Waals surface area contributed by atoms with Crippen molar-refractivity contribution in [3.63, 3.8) is 0 Å². The van der Waals surface area contributed by atoms with Gasteiger partial charge in [0.2, 0.25) is 0 Å². The first-order chi connectivity index (χ1) is 8.88. The summed E-state index contributed by atoms with van der Waals surface area (Å²) in [6, 6.07) is 15.6. The van der Waals surface area contributed by atoms with E-state index >= 15 is 0 Å². The first-order valence-corrected chi connectivity index (χ1v) is 6.52. The van der Waals surface area contributed by atoms with Crippen molar-refractivity contribution in [3.8, 4) is 6.07 Å². The first-order valence-electron chi connectivity index (χ1n) is 5.54. The van der Waals surface area contributed by atoms with E-state index in [0.717, 1.165) is 12.3 Å². The zero-order chi connectivity index (χ0) is 12.6. The minimum atomic E-state index is 0.333. The monoisotopic (exact) mass is 256 g/mol. The molecule has 0 fully saturated rings. The molecule has 0 unspecified atom stereocenters. The Morgan fingerprint density at radius 3 is 2.61 bits per heavy atom. The third-order valence-corrected chi connectivity index (χ3v) is 3.21. The SMILES string of the molecule is N#Cc1ccc(NCCSc2ccccc2)nn1. The number of hydrogen-bond acceptors (Lipinski definition) is 5. The lowest BCUT2D eigenvalue weighted by Gasteiger charge is -2.04. The zero-order valence-corrected chi connectivity index (χ0v) is 10.5. The Hall–Kier alpha value is -2.06. The highest BCUT2D eigenvalue weighted by Gasteiger charge is 1.96. The lowest BCUT2D eigenvalue weighted by molar-refractivity contribution is 0.996. The molecule has 18 heavy (non-hydrogen) atoms. The number of nitrogens with zero attached hydrogens (tertiary/aromatic N) is 3. The lowest BCUT2D eigenvalue weighted by atomic mass is 10.4. The van der Waals surface area contributed by atoms with Crippen molar-refractivity contribution < 1.29 is 0 Å². The van der Waals surface area contributed by atoms with E-state index in [4.69, 9.17) is 5.26 Å². The Bertz CT molecular complexity index is 519. The predicted octanol–water partition coefficient (Wildman–Crippen LogP) is 2.55. The van der Waals surface area contributed by atoms with Gasteiger partial charge in [-0.25, -0.2) is 0 Å². The maximum Gasteiger partial charge on any atom is 0.163 e. The average molecular weight is 256 g/mol. The van der Waals surface area contributed by atoms with Gasteiger partial charge in [-0.05, 0) is 24.3 Å². The van der Waals surface area contributed by atoms with Gasteiger partial charge in [0.05, 0.1) is 0 Å². The molecule has 1 aromatic heterocycles. The standard InChI is InChI=1S/C13H12N4S/c14-10-11-6-7-13(17-16-11)15-8-9-18-12-4-2-1-3-5-12/h1-7H,8-9H2,(H,15,17). The molecule has 4 nitrogen and oxygen atoms in total. The van der Waals surface area contributed by atoms with Crippen molar-refractivity contribution in [2.45, 2.75) is 4.90 Å². The van der Waals surface area contributed by atoms with Gasteiger partial charge >= 0.3 is 0 Å². The number of anilines is 1. The maximum absolute atomic E-state index is 8.59. The summed E-state index contributed by atoms with van der Waals surface area (Å²) in [7, 11) is 0. The molecule has 1 N–H and O–H groups in total. The molecule has 1 heterocycles. The van der Waals surface area contributed by atoms with Gasteiger partial charge in [0.15, 0.2) is 5.69 Å². The predicted molar refractivity (Wildman–Crippen MR) is 72.4 cm³/mol. The third kappa shape index (κ3) is 3.75. The normalized spacial score (nSPS) is 9.72. The fourth-order valence-corrected chi connectivity index (χ4v) is 2.14. The van der Waals surface area contributed by atoms with Crippen LogP contribution in [0.1, 0.15) is 5.69 Å². The lowest BCUT2D eigenvalue weighted by Crippen LogP contribution is -2.06.